The van der Waals surface area contributed by atoms with E-state index in [1.807, 2.05) is 12.1 Å². The van der Waals surface area contributed by atoms with Crippen molar-refractivity contribution in [3.05, 3.63) is 151 Å². The van der Waals surface area contributed by atoms with Crippen molar-refractivity contribution in [1.82, 2.24) is 9.13 Å². The highest BCUT2D eigenvalue weighted by atomic mass is 15.0. The maximum absolute atomic E-state index is 8.18. The average Bonchev–Trinajstić information content (AvgIpc) is 3.54. The van der Waals surface area contributed by atoms with Crippen LogP contribution < -0.4 is 0 Å². The van der Waals surface area contributed by atoms with Crippen LogP contribution in [0.5, 0.6) is 0 Å². The highest BCUT2D eigenvalue weighted by Crippen LogP contribution is 2.43. The molecule has 3 nitrogen and oxygen atoms in total. The molecule has 0 spiro atoms. The zero-order valence-corrected chi connectivity index (χ0v) is 21.6. The number of benzene rings is 6. The molecular formula is C37H23N3. The van der Waals surface area contributed by atoms with Crippen LogP contribution in [0.4, 0.5) is 5.69 Å². The molecule has 0 unspecified atom stereocenters. The van der Waals surface area contributed by atoms with Gasteiger partial charge in [-0.25, -0.2) is 4.85 Å². The topological polar surface area (TPSA) is 14.2 Å². The predicted molar refractivity (Wildman–Crippen MR) is 167 cm³/mol. The molecule has 0 saturated heterocycles. The van der Waals surface area contributed by atoms with E-state index in [-0.39, 0.29) is 0 Å². The standard InChI is InChI=1S/C37H23N3/c1-38-31-19-12-18-30(37(31)40-35-23-10-4-15-27(35)28-16-5-11-24-36(28)40)29-17-6-9-22-34(29)39-32-20-7-2-13-25(32)26-14-3-8-21-33(26)39/h2-24H. The molecule has 8 rings (SSSR count). The molecule has 0 radical (unpaired) electrons. The summed E-state index contributed by atoms with van der Waals surface area (Å²) in [5.41, 5.74) is 9.24. The van der Waals surface area contributed by atoms with Gasteiger partial charge in [0, 0.05) is 27.1 Å². The molecule has 0 fully saturated rings. The van der Waals surface area contributed by atoms with Gasteiger partial charge in [-0.3, -0.25) is 0 Å². The molecule has 0 aliphatic carbocycles. The molecule has 0 N–H and O–H groups in total. The molecule has 0 aliphatic heterocycles. The number of hydrogen-bond donors (Lipinski definition) is 0. The molecule has 0 atom stereocenters. The molecule has 40 heavy (non-hydrogen) atoms. The Labute approximate surface area is 231 Å². The first-order valence-electron chi connectivity index (χ1n) is 13.4. The van der Waals surface area contributed by atoms with Gasteiger partial charge in [0.2, 0.25) is 5.69 Å². The van der Waals surface area contributed by atoms with Crippen molar-refractivity contribution in [2.24, 2.45) is 0 Å². The van der Waals surface area contributed by atoms with Crippen LogP contribution in [0.3, 0.4) is 0 Å². The van der Waals surface area contributed by atoms with Gasteiger partial charge in [0.25, 0.3) is 0 Å². The van der Waals surface area contributed by atoms with Gasteiger partial charge < -0.3 is 9.13 Å². The van der Waals surface area contributed by atoms with Crippen molar-refractivity contribution in [2.75, 3.05) is 0 Å². The average molecular weight is 510 g/mol. The Morgan fingerprint density at radius 3 is 1.35 bits per heavy atom. The number of fused-ring (bicyclic) bond motifs is 6. The molecule has 2 heterocycles. The first-order chi connectivity index (χ1) is 19.8. The lowest BCUT2D eigenvalue weighted by Gasteiger charge is -2.19. The van der Waals surface area contributed by atoms with Gasteiger partial charge in [-0.2, -0.15) is 0 Å². The third kappa shape index (κ3) is 3.11. The molecule has 8 aromatic rings. The smallest absolute Gasteiger partial charge is 0.211 e. The van der Waals surface area contributed by atoms with Crippen molar-refractivity contribution < 1.29 is 0 Å². The zero-order valence-electron chi connectivity index (χ0n) is 21.6. The quantitative estimate of drug-likeness (QED) is 0.210. The summed E-state index contributed by atoms with van der Waals surface area (Å²) in [5, 5.41) is 4.81. The second kappa shape index (κ2) is 8.73. The first-order valence-corrected chi connectivity index (χ1v) is 13.4. The molecule has 0 amide bonds. The highest BCUT2D eigenvalue weighted by molar-refractivity contribution is 6.12. The zero-order chi connectivity index (χ0) is 26.6. The minimum atomic E-state index is 0.626. The fourth-order valence-electron chi connectivity index (χ4n) is 6.32. The van der Waals surface area contributed by atoms with Crippen molar-refractivity contribution >= 4 is 49.3 Å². The summed E-state index contributed by atoms with van der Waals surface area (Å²) in [6.07, 6.45) is 0. The van der Waals surface area contributed by atoms with Crippen LogP contribution >= 0.6 is 0 Å². The summed E-state index contributed by atoms with van der Waals surface area (Å²) in [4.78, 5) is 4.04. The molecule has 186 valence electrons. The Balaban J connectivity index is 1.51. The van der Waals surface area contributed by atoms with E-state index in [0.717, 1.165) is 44.6 Å². The number of rotatable bonds is 3. The van der Waals surface area contributed by atoms with Crippen molar-refractivity contribution in [2.45, 2.75) is 0 Å². The van der Waals surface area contributed by atoms with Gasteiger partial charge >= 0.3 is 0 Å². The van der Waals surface area contributed by atoms with Gasteiger partial charge in [-0.15, -0.1) is 0 Å². The molecule has 3 heteroatoms. The van der Waals surface area contributed by atoms with Crippen molar-refractivity contribution in [3.8, 4) is 22.5 Å². The van der Waals surface area contributed by atoms with Crippen LogP contribution in [-0.2, 0) is 0 Å². The Bertz CT molecular complexity index is 2180. The van der Waals surface area contributed by atoms with E-state index < -0.39 is 0 Å². The molecule has 0 aliphatic rings. The number of para-hydroxylation sites is 6. The van der Waals surface area contributed by atoms with E-state index >= 15 is 0 Å². The summed E-state index contributed by atoms with van der Waals surface area (Å²) in [6, 6.07) is 48.8. The van der Waals surface area contributed by atoms with Gasteiger partial charge in [-0.05, 0) is 35.9 Å². The molecule has 0 saturated carbocycles. The maximum Gasteiger partial charge on any atom is 0.211 e. The lowest BCUT2D eigenvalue weighted by molar-refractivity contribution is 1.16. The van der Waals surface area contributed by atoms with Crippen LogP contribution in [0, 0.1) is 6.57 Å². The molecule has 2 aromatic heterocycles. The largest absolute Gasteiger partial charge is 0.318 e. The Hall–Kier alpha value is -5.59. The fraction of sp³-hybridized carbons (Fsp3) is 0. The van der Waals surface area contributed by atoms with Gasteiger partial charge in [0.1, 0.15) is 0 Å². The Kier molecular flexibility index (Phi) is 4.89. The lowest BCUT2D eigenvalue weighted by atomic mass is 9.99. The summed E-state index contributed by atoms with van der Waals surface area (Å²) >= 11 is 0. The van der Waals surface area contributed by atoms with E-state index in [2.05, 4.69) is 141 Å². The van der Waals surface area contributed by atoms with Crippen LogP contribution in [0.25, 0.3) is 71.0 Å². The fourth-order valence-corrected chi connectivity index (χ4v) is 6.32. The van der Waals surface area contributed by atoms with Gasteiger partial charge in [0.15, 0.2) is 0 Å². The molecule has 0 bridgehead atoms. The van der Waals surface area contributed by atoms with Crippen LogP contribution in [0.1, 0.15) is 0 Å². The van der Waals surface area contributed by atoms with Crippen molar-refractivity contribution in [3.63, 3.8) is 0 Å². The van der Waals surface area contributed by atoms with E-state index in [1.54, 1.807) is 0 Å². The predicted octanol–water partition coefficient (Wildman–Crippen LogP) is 10.1. The van der Waals surface area contributed by atoms with Gasteiger partial charge in [0.05, 0.1) is 40.0 Å². The van der Waals surface area contributed by atoms with Crippen LogP contribution in [0.2, 0.25) is 0 Å². The van der Waals surface area contributed by atoms with Gasteiger partial charge in [-0.1, -0.05) is 109 Å². The van der Waals surface area contributed by atoms with Crippen LogP contribution in [0.15, 0.2) is 140 Å². The third-order valence-corrected chi connectivity index (χ3v) is 7.95. The summed E-state index contributed by atoms with van der Waals surface area (Å²) in [6.45, 7) is 8.18. The van der Waals surface area contributed by atoms with E-state index in [9.17, 15) is 0 Å². The minimum absolute atomic E-state index is 0.626. The lowest BCUT2D eigenvalue weighted by Crippen LogP contribution is -2.01. The number of nitrogens with zero attached hydrogens (tertiary/aromatic N) is 3. The summed E-state index contributed by atoms with van der Waals surface area (Å²) in [7, 11) is 0. The first kappa shape index (κ1) is 22.4. The maximum atomic E-state index is 8.18. The summed E-state index contributed by atoms with van der Waals surface area (Å²) in [5.74, 6) is 0. The number of aromatic nitrogens is 2. The highest BCUT2D eigenvalue weighted by Gasteiger charge is 2.21. The molecular weight excluding hydrogens is 486 g/mol. The van der Waals surface area contributed by atoms with E-state index in [1.165, 1.54) is 21.5 Å². The Morgan fingerprint density at radius 2 is 0.825 bits per heavy atom. The van der Waals surface area contributed by atoms with Crippen LogP contribution in [-0.4, -0.2) is 9.13 Å². The monoisotopic (exact) mass is 509 g/mol. The van der Waals surface area contributed by atoms with Crippen molar-refractivity contribution in [1.29, 1.82) is 0 Å². The minimum Gasteiger partial charge on any atom is -0.318 e. The molecule has 6 aromatic carbocycles. The second-order valence-corrected chi connectivity index (χ2v) is 10.0. The SMILES string of the molecule is [C-]#[N+]c1cccc(-c2ccccc2-n2c3ccccc3c3ccccc32)c1-n1c2ccccc2c2ccccc21. The second-order valence-electron chi connectivity index (χ2n) is 10.0. The third-order valence-electron chi connectivity index (χ3n) is 7.95. The summed E-state index contributed by atoms with van der Waals surface area (Å²) < 4.78 is 4.64. The normalized spacial score (nSPS) is 11.5. The number of hydrogen-bond acceptors (Lipinski definition) is 0. The Morgan fingerprint density at radius 1 is 0.400 bits per heavy atom. The van der Waals surface area contributed by atoms with E-state index in [4.69, 9.17) is 6.57 Å². The van der Waals surface area contributed by atoms with E-state index in [0.29, 0.717) is 5.69 Å².